The van der Waals surface area contributed by atoms with Gasteiger partial charge in [-0.2, -0.15) is 0 Å². The van der Waals surface area contributed by atoms with Crippen molar-refractivity contribution in [2.24, 2.45) is 0 Å². The van der Waals surface area contributed by atoms with Gasteiger partial charge in [0.2, 0.25) is 5.95 Å². The summed E-state index contributed by atoms with van der Waals surface area (Å²) in [6.07, 6.45) is 0. The van der Waals surface area contributed by atoms with E-state index in [1.807, 2.05) is 37.3 Å². The molecule has 3 rings (SSSR count). The summed E-state index contributed by atoms with van der Waals surface area (Å²) in [5.74, 6) is 0.290. The number of benzene rings is 1. The highest BCUT2D eigenvalue weighted by Crippen LogP contribution is 2.07. The van der Waals surface area contributed by atoms with Gasteiger partial charge in [0.25, 0.3) is 5.91 Å². The summed E-state index contributed by atoms with van der Waals surface area (Å²) < 4.78 is 5.32. The van der Waals surface area contributed by atoms with E-state index < -0.39 is 0 Å². The molecule has 2 heterocycles. The average molecular weight is 355 g/mol. The lowest BCUT2D eigenvalue weighted by Crippen LogP contribution is -2.41. The number of hydrogen-bond donors (Lipinski definition) is 2. The summed E-state index contributed by atoms with van der Waals surface area (Å²) in [5.41, 5.74) is 2.28. The number of morpholine rings is 1. The number of carbonyl (C=O) groups is 1. The molecule has 0 spiro atoms. The van der Waals surface area contributed by atoms with Gasteiger partial charge < -0.3 is 15.4 Å². The number of rotatable bonds is 7. The lowest BCUT2D eigenvalue weighted by Gasteiger charge is -2.26. The summed E-state index contributed by atoms with van der Waals surface area (Å²) in [6, 6.07) is 11.7. The van der Waals surface area contributed by atoms with Crippen LogP contribution >= 0.6 is 0 Å². The number of ether oxygens (including phenoxy) is 1. The maximum atomic E-state index is 12.4. The molecule has 1 aliphatic heterocycles. The second-order valence-corrected chi connectivity index (χ2v) is 6.27. The van der Waals surface area contributed by atoms with Crippen LogP contribution in [-0.4, -0.2) is 60.2 Å². The fourth-order valence-corrected chi connectivity index (χ4v) is 2.78. The zero-order chi connectivity index (χ0) is 18.2. The van der Waals surface area contributed by atoms with E-state index in [9.17, 15) is 4.79 Å². The molecule has 1 aromatic carbocycles. The molecular weight excluding hydrogens is 330 g/mol. The van der Waals surface area contributed by atoms with Crippen LogP contribution < -0.4 is 10.6 Å². The molecule has 1 amide bonds. The summed E-state index contributed by atoms with van der Waals surface area (Å²) in [5, 5.41) is 6.12. The number of amides is 1. The minimum absolute atomic E-state index is 0.175. The van der Waals surface area contributed by atoms with Crippen molar-refractivity contribution >= 4 is 11.9 Å². The highest BCUT2D eigenvalue weighted by molar-refractivity contribution is 5.92. The molecule has 0 saturated carbocycles. The highest BCUT2D eigenvalue weighted by Gasteiger charge is 2.13. The van der Waals surface area contributed by atoms with E-state index >= 15 is 0 Å². The summed E-state index contributed by atoms with van der Waals surface area (Å²) in [7, 11) is 0. The van der Waals surface area contributed by atoms with Crippen LogP contribution in [0.15, 0.2) is 36.4 Å². The number of carbonyl (C=O) groups excluding carboxylic acids is 1. The predicted octanol–water partition coefficient (Wildman–Crippen LogP) is 1.46. The Bertz CT molecular complexity index is 717. The SMILES string of the molecule is Cc1cc(C(=O)NCCN2CCOCC2)nc(NCc2ccccc2)n1. The van der Waals surface area contributed by atoms with Crippen LogP contribution in [0.4, 0.5) is 5.95 Å². The third-order valence-electron chi connectivity index (χ3n) is 4.20. The van der Waals surface area contributed by atoms with Crippen LogP contribution in [0.1, 0.15) is 21.7 Å². The largest absolute Gasteiger partial charge is 0.379 e. The van der Waals surface area contributed by atoms with Crippen LogP contribution in [0, 0.1) is 6.92 Å². The van der Waals surface area contributed by atoms with Gasteiger partial charge in [-0.15, -0.1) is 0 Å². The molecule has 7 heteroatoms. The Morgan fingerprint density at radius 2 is 1.96 bits per heavy atom. The third-order valence-corrected chi connectivity index (χ3v) is 4.20. The van der Waals surface area contributed by atoms with Crippen LogP contribution in [0.25, 0.3) is 0 Å². The Kier molecular flexibility index (Phi) is 6.51. The van der Waals surface area contributed by atoms with Gasteiger partial charge in [0.1, 0.15) is 5.69 Å². The number of hydrogen-bond acceptors (Lipinski definition) is 6. The van der Waals surface area contributed by atoms with Crippen molar-refractivity contribution in [1.29, 1.82) is 0 Å². The van der Waals surface area contributed by atoms with E-state index in [1.165, 1.54) is 0 Å². The Labute approximate surface area is 153 Å². The first-order valence-electron chi connectivity index (χ1n) is 8.92. The Balaban J connectivity index is 1.53. The molecule has 0 unspecified atom stereocenters. The van der Waals surface area contributed by atoms with Crippen molar-refractivity contribution in [3.05, 3.63) is 53.3 Å². The minimum atomic E-state index is -0.175. The fraction of sp³-hybridized carbons (Fsp3) is 0.421. The van der Waals surface area contributed by atoms with Crippen LogP contribution in [0.2, 0.25) is 0 Å². The molecule has 7 nitrogen and oxygen atoms in total. The van der Waals surface area contributed by atoms with E-state index in [0.717, 1.165) is 44.1 Å². The molecule has 1 aromatic heterocycles. The molecule has 1 fully saturated rings. The van der Waals surface area contributed by atoms with Crippen molar-refractivity contribution in [3.63, 3.8) is 0 Å². The number of aryl methyl sites for hydroxylation is 1. The smallest absolute Gasteiger partial charge is 0.270 e. The monoisotopic (exact) mass is 355 g/mol. The van der Waals surface area contributed by atoms with Crippen molar-refractivity contribution in [2.75, 3.05) is 44.7 Å². The first-order chi connectivity index (χ1) is 12.7. The van der Waals surface area contributed by atoms with E-state index in [0.29, 0.717) is 24.7 Å². The quantitative estimate of drug-likeness (QED) is 0.783. The van der Waals surface area contributed by atoms with Crippen molar-refractivity contribution < 1.29 is 9.53 Å². The number of nitrogens with one attached hydrogen (secondary N) is 2. The standard InChI is InChI=1S/C19H25N5O2/c1-15-13-17(18(25)20-7-8-24-9-11-26-12-10-24)23-19(22-15)21-14-16-5-3-2-4-6-16/h2-6,13H,7-12,14H2,1H3,(H,20,25)(H,21,22,23). The van der Waals surface area contributed by atoms with Gasteiger partial charge in [-0.3, -0.25) is 9.69 Å². The zero-order valence-electron chi connectivity index (χ0n) is 15.1. The van der Waals surface area contributed by atoms with Gasteiger partial charge in [-0.25, -0.2) is 9.97 Å². The lowest BCUT2D eigenvalue weighted by atomic mass is 10.2. The second kappa shape index (κ2) is 9.26. The Morgan fingerprint density at radius 1 is 1.19 bits per heavy atom. The predicted molar refractivity (Wildman–Crippen MR) is 100 cm³/mol. The van der Waals surface area contributed by atoms with Gasteiger partial charge in [0.05, 0.1) is 13.2 Å². The molecule has 1 aliphatic rings. The first kappa shape index (κ1) is 18.3. The van der Waals surface area contributed by atoms with E-state index in [2.05, 4.69) is 25.5 Å². The zero-order valence-corrected chi connectivity index (χ0v) is 15.1. The highest BCUT2D eigenvalue weighted by atomic mass is 16.5. The lowest BCUT2D eigenvalue weighted by molar-refractivity contribution is 0.0383. The molecule has 1 saturated heterocycles. The number of aromatic nitrogens is 2. The molecule has 0 aliphatic carbocycles. The summed E-state index contributed by atoms with van der Waals surface area (Å²) >= 11 is 0. The van der Waals surface area contributed by atoms with Crippen LogP contribution in [-0.2, 0) is 11.3 Å². The molecular formula is C19H25N5O2. The topological polar surface area (TPSA) is 79.4 Å². The van der Waals surface area contributed by atoms with Crippen LogP contribution in [0.3, 0.4) is 0 Å². The average Bonchev–Trinajstić information content (AvgIpc) is 2.67. The van der Waals surface area contributed by atoms with Crippen LogP contribution in [0.5, 0.6) is 0 Å². The van der Waals surface area contributed by atoms with Crippen molar-refractivity contribution in [2.45, 2.75) is 13.5 Å². The van der Waals surface area contributed by atoms with Crippen molar-refractivity contribution in [1.82, 2.24) is 20.2 Å². The van der Waals surface area contributed by atoms with Gasteiger partial charge in [0, 0.05) is 38.4 Å². The maximum absolute atomic E-state index is 12.4. The van der Waals surface area contributed by atoms with Gasteiger partial charge in [0.15, 0.2) is 0 Å². The van der Waals surface area contributed by atoms with Gasteiger partial charge in [-0.05, 0) is 18.6 Å². The molecule has 0 bridgehead atoms. The molecule has 138 valence electrons. The Hall–Kier alpha value is -2.51. The fourth-order valence-electron chi connectivity index (χ4n) is 2.78. The minimum Gasteiger partial charge on any atom is -0.379 e. The number of anilines is 1. The molecule has 0 atom stereocenters. The summed E-state index contributed by atoms with van der Waals surface area (Å²) in [6.45, 7) is 7.23. The van der Waals surface area contributed by atoms with Gasteiger partial charge in [-0.1, -0.05) is 30.3 Å². The number of nitrogens with zero attached hydrogens (tertiary/aromatic N) is 3. The van der Waals surface area contributed by atoms with E-state index in [4.69, 9.17) is 4.74 Å². The van der Waals surface area contributed by atoms with Gasteiger partial charge >= 0.3 is 0 Å². The maximum Gasteiger partial charge on any atom is 0.270 e. The third kappa shape index (κ3) is 5.50. The van der Waals surface area contributed by atoms with Crippen molar-refractivity contribution in [3.8, 4) is 0 Å². The van der Waals surface area contributed by atoms with E-state index in [-0.39, 0.29) is 5.91 Å². The summed E-state index contributed by atoms with van der Waals surface area (Å²) in [4.78, 5) is 23.4. The normalized spacial score (nSPS) is 14.8. The molecule has 2 aromatic rings. The molecule has 2 N–H and O–H groups in total. The second-order valence-electron chi connectivity index (χ2n) is 6.27. The molecule has 0 radical (unpaired) electrons. The first-order valence-corrected chi connectivity index (χ1v) is 8.92. The Morgan fingerprint density at radius 3 is 2.73 bits per heavy atom. The molecule has 26 heavy (non-hydrogen) atoms. The van der Waals surface area contributed by atoms with E-state index in [1.54, 1.807) is 6.07 Å².